The quantitative estimate of drug-likeness (QED) is 0.577. The summed E-state index contributed by atoms with van der Waals surface area (Å²) in [6.45, 7) is 11.1. The van der Waals surface area contributed by atoms with Crippen LogP contribution in [-0.2, 0) is 15.9 Å². The summed E-state index contributed by atoms with van der Waals surface area (Å²) in [6.07, 6.45) is 0.526. The zero-order valence-electron chi connectivity index (χ0n) is 17.6. The Labute approximate surface area is 165 Å². The molecule has 1 N–H and O–H groups in total. The fourth-order valence-electron chi connectivity index (χ4n) is 3.64. The predicted molar refractivity (Wildman–Crippen MR) is 105 cm³/mol. The molecule has 0 aromatic carbocycles. The number of ether oxygens (including phenoxy) is 2. The summed E-state index contributed by atoms with van der Waals surface area (Å²) >= 11 is 0. The number of rotatable bonds is 7. The Bertz CT molecular complexity index is 918. The van der Waals surface area contributed by atoms with Gasteiger partial charge >= 0.3 is 11.9 Å². The Hall–Kier alpha value is -2.83. The van der Waals surface area contributed by atoms with E-state index in [4.69, 9.17) is 9.47 Å². The number of H-pyrrole nitrogens is 1. The molecule has 2 rings (SSSR count). The van der Waals surface area contributed by atoms with Crippen molar-refractivity contribution in [2.24, 2.45) is 0 Å². The van der Waals surface area contributed by atoms with Gasteiger partial charge in [-0.05, 0) is 52.7 Å². The molecule has 7 heteroatoms. The first-order valence-corrected chi connectivity index (χ1v) is 9.32. The number of aromatic nitrogens is 2. The molecule has 0 saturated heterocycles. The van der Waals surface area contributed by atoms with Gasteiger partial charge in [0.25, 0.3) is 0 Å². The lowest BCUT2D eigenvalue weighted by molar-refractivity contribution is 0.0468. The lowest BCUT2D eigenvalue weighted by Gasteiger charge is -2.13. The molecule has 2 aromatic rings. The van der Waals surface area contributed by atoms with Gasteiger partial charge in [0.1, 0.15) is 5.69 Å². The molecule has 152 valence electrons. The maximum atomic E-state index is 12.6. The topological polar surface area (TPSA) is 90.4 Å². The van der Waals surface area contributed by atoms with E-state index in [1.54, 1.807) is 6.92 Å². The molecular formula is C21H28N2O5. The number of methoxy groups -OCH3 is 1. The Morgan fingerprint density at radius 1 is 1.14 bits per heavy atom. The number of esters is 2. The van der Waals surface area contributed by atoms with Crippen LogP contribution in [-0.4, -0.2) is 41.0 Å². The standard InChI is InChI=1S/C21H28N2O5/c1-8-16-18(20(25)27-7)13(5)19(22-16)21(26)28-10-17(24)15-9-12(4)23(11(2)3)14(15)6/h9,11,22H,8,10H2,1-7H3. The van der Waals surface area contributed by atoms with Crippen LogP contribution in [0.3, 0.4) is 0 Å². The fourth-order valence-corrected chi connectivity index (χ4v) is 3.64. The average Bonchev–Trinajstić information content (AvgIpc) is 3.14. The number of aryl methyl sites for hydroxylation is 2. The summed E-state index contributed by atoms with van der Waals surface area (Å²) in [5.74, 6) is -1.45. The number of carbonyl (C=O) groups is 3. The van der Waals surface area contributed by atoms with Gasteiger partial charge in [-0.25, -0.2) is 9.59 Å². The van der Waals surface area contributed by atoms with E-state index in [1.807, 2.05) is 40.7 Å². The van der Waals surface area contributed by atoms with Crippen molar-refractivity contribution in [3.63, 3.8) is 0 Å². The van der Waals surface area contributed by atoms with Crippen molar-refractivity contribution in [3.8, 4) is 0 Å². The number of nitrogens with one attached hydrogen (secondary N) is 1. The number of aromatic amines is 1. The summed E-state index contributed by atoms with van der Waals surface area (Å²) in [4.78, 5) is 40.0. The van der Waals surface area contributed by atoms with Crippen LogP contribution in [0, 0.1) is 20.8 Å². The van der Waals surface area contributed by atoms with Gasteiger partial charge in [-0.15, -0.1) is 0 Å². The van der Waals surface area contributed by atoms with Crippen molar-refractivity contribution in [3.05, 3.63) is 45.5 Å². The molecule has 2 aromatic heterocycles. The van der Waals surface area contributed by atoms with E-state index in [9.17, 15) is 14.4 Å². The highest BCUT2D eigenvalue weighted by Gasteiger charge is 2.25. The van der Waals surface area contributed by atoms with Crippen molar-refractivity contribution in [1.29, 1.82) is 0 Å². The first kappa shape index (κ1) is 21.5. The van der Waals surface area contributed by atoms with Gasteiger partial charge in [0, 0.05) is 28.7 Å². The normalized spacial score (nSPS) is 11.0. The summed E-state index contributed by atoms with van der Waals surface area (Å²) < 4.78 is 12.1. The minimum absolute atomic E-state index is 0.165. The van der Waals surface area contributed by atoms with Gasteiger partial charge in [0.15, 0.2) is 6.61 Å². The smallest absolute Gasteiger partial charge is 0.355 e. The van der Waals surface area contributed by atoms with Gasteiger partial charge in [-0.3, -0.25) is 4.79 Å². The van der Waals surface area contributed by atoms with Crippen molar-refractivity contribution < 1.29 is 23.9 Å². The summed E-state index contributed by atoms with van der Waals surface area (Å²) in [7, 11) is 1.29. The van der Waals surface area contributed by atoms with E-state index >= 15 is 0 Å². The Morgan fingerprint density at radius 3 is 2.29 bits per heavy atom. The number of hydrogen-bond acceptors (Lipinski definition) is 5. The largest absolute Gasteiger partial charge is 0.465 e. The number of Topliss-reactive ketones (excluding diaryl/α,β-unsaturated/α-hetero) is 1. The second kappa shape index (κ2) is 8.46. The van der Waals surface area contributed by atoms with E-state index in [2.05, 4.69) is 9.55 Å². The first-order chi connectivity index (χ1) is 13.1. The molecule has 0 spiro atoms. The van der Waals surface area contributed by atoms with Gasteiger partial charge in [-0.2, -0.15) is 0 Å². The van der Waals surface area contributed by atoms with E-state index < -0.39 is 11.9 Å². The maximum absolute atomic E-state index is 12.6. The predicted octanol–water partition coefficient (Wildman–Crippen LogP) is 3.71. The third kappa shape index (κ3) is 3.88. The molecule has 0 bridgehead atoms. The summed E-state index contributed by atoms with van der Waals surface area (Å²) in [5.41, 5.74) is 3.94. The highest BCUT2D eigenvalue weighted by Crippen LogP contribution is 2.22. The number of hydrogen-bond donors (Lipinski definition) is 1. The number of carbonyl (C=O) groups excluding carboxylic acids is 3. The minimum Gasteiger partial charge on any atom is -0.465 e. The van der Waals surface area contributed by atoms with Crippen LogP contribution >= 0.6 is 0 Å². The Balaban J connectivity index is 2.19. The monoisotopic (exact) mass is 388 g/mol. The molecule has 0 saturated carbocycles. The zero-order valence-corrected chi connectivity index (χ0v) is 17.6. The molecule has 0 aliphatic rings. The Kier molecular flexibility index (Phi) is 6.48. The maximum Gasteiger partial charge on any atom is 0.355 e. The molecule has 7 nitrogen and oxygen atoms in total. The Morgan fingerprint density at radius 2 is 1.79 bits per heavy atom. The molecule has 28 heavy (non-hydrogen) atoms. The molecular weight excluding hydrogens is 360 g/mol. The van der Waals surface area contributed by atoms with Crippen LogP contribution in [0.2, 0.25) is 0 Å². The summed E-state index contributed by atoms with van der Waals surface area (Å²) in [5, 5.41) is 0. The van der Waals surface area contributed by atoms with E-state index in [0.29, 0.717) is 28.8 Å². The number of nitrogens with zero attached hydrogens (tertiary/aromatic N) is 1. The molecule has 2 heterocycles. The molecule has 0 atom stereocenters. The SMILES string of the molecule is CCc1[nH]c(C(=O)OCC(=O)c2cc(C)n(C(C)C)c2C)c(C)c1C(=O)OC. The van der Waals surface area contributed by atoms with Crippen molar-refractivity contribution in [1.82, 2.24) is 9.55 Å². The van der Waals surface area contributed by atoms with Gasteiger partial charge in [0.2, 0.25) is 5.78 Å². The van der Waals surface area contributed by atoms with Crippen LogP contribution in [0.15, 0.2) is 6.07 Å². The highest BCUT2D eigenvalue weighted by atomic mass is 16.5. The molecule has 0 aliphatic heterocycles. The van der Waals surface area contributed by atoms with Gasteiger partial charge in [-0.1, -0.05) is 6.92 Å². The third-order valence-corrected chi connectivity index (χ3v) is 4.91. The molecule has 0 unspecified atom stereocenters. The second-order valence-electron chi connectivity index (χ2n) is 7.07. The highest BCUT2D eigenvalue weighted by molar-refractivity contribution is 6.02. The van der Waals surface area contributed by atoms with Gasteiger partial charge in [0.05, 0.1) is 12.7 Å². The van der Waals surface area contributed by atoms with E-state index in [-0.39, 0.29) is 24.1 Å². The van der Waals surface area contributed by atoms with E-state index in [0.717, 1.165) is 11.4 Å². The van der Waals surface area contributed by atoms with E-state index in [1.165, 1.54) is 7.11 Å². The van der Waals surface area contributed by atoms with Crippen LogP contribution < -0.4 is 0 Å². The zero-order chi connectivity index (χ0) is 21.2. The molecule has 0 fully saturated rings. The first-order valence-electron chi connectivity index (χ1n) is 9.32. The van der Waals surface area contributed by atoms with Crippen LogP contribution in [0.5, 0.6) is 0 Å². The second-order valence-corrected chi connectivity index (χ2v) is 7.07. The summed E-state index contributed by atoms with van der Waals surface area (Å²) in [6, 6.07) is 2.05. The lowest BCUT2D eigenvalue weighted by Crippen LogP contribution is -2.16. The van der Waals surface area contributed by atoms with Gasteiger partial charge < -0.3 is 19.0 Å². The van der Waals surface area contributed by atoms with Crippen molar-refractivity contribution >= 4 is 17.7 Å². The van der Waals surface area contributed by atoms with Crippen LogP contribution in [0.1, 0.15) is 80.7 Å². The van der Waals surface area contributed by atoms with Crippen LogP contribution in [0.4, 0.5) is 0 Å². The molecule has 0 radical (unpaired) electrons. The number of ketones is 1. The third-order valence-electron chi connectivity index (χ3n) is 4.91. The molecule has 0 amide bonds. The van der Waals surface area contributed by atoms with Crippen molar-refractivity contribution in [2.75, 3.05) is 13.7 Å². The van der Waals surface area contributed by atoms with Crippen molar-refractivity contribution in [2.45, 2.75) is 54.0 Å². The molecule has 0 aliphatic carbocycles. The average molecular weight is 388 g/mol. The lowest BCUT2D eigenvalue weighted by atomic mass is 10.1. The minimum atomic E-state index is -0.673. The fraction of sp³-hybridized carbons (Fsp3) is 0.476. The van der Waals surface area contributed by atoms with Crippen LogP contribution in [0.25, 0.3) is 0 Å².